The van der Waals surface area contributed by atoms with Crippen molar-refractivity contribution in [2.45, 2.75) is 51.5 Å². The summed E-state index contributed by atoms with van der Waals surface area (Å²) in [7, 11) is 0. The summed E-state index contributed by atoms with van der Waals surface area (Å²) >= 11 is 6.34. The standard InChI is InChI=1S/C13H20N4OS2/c1-3-9-10(20-17-16-9)11(18)15-13(12(14)19)6-4-8(2)5-7-13/h8H,3-7H2,1-2H3,(H2,14,19)(H,15,18). The van der Waals surface area contributed by atoms with E-state index in [2.05, 4.69) is 21.8 Å². The van der Waals surface area contributed by atoms with Crippen molar-refractivity contribution in [1.82, 2.24) is 14.9 Å². The third kappa shape index (κ3) is 2.98. The number of rotatable bonds is 4. The van der Waals surface area contributed by atoms with Crippen LogP contribution >= 0.6 is 23.8 Å². The van der Waals surface area contributed by atoms with E-state index in [1.807, 2.05) is 6.92 Å². The SMILES string of the molecule is CCc1nnsc1C(=O)NC1(C(N)=S)CCC(C)CC1. The zero-order chi connectivity index (χ0) is 14.8. The predicted molar refractivity (Wildman–Crippen MR) is 83.9 cm³/mol. The van der Waals surface area contributed by atoms with Crippen LogP contribution in [0.15, 0.2) is 0 Å². The number of carbonyl (C=O) groups is 1. The summed E-state index contributed by atoms with van der Waals surface area (Å²) in [5, 5.41) is 7.03. The molecule has 3 N–H and O–H groups in total. The van der Waals surface area contributed by atoms with Crippen LogP contribution in [0.2, 0.25) is 0 Å². The van der Waals surface area contributed by atoms with Gasteiger partial charge in [0.2, 0.25) is 0 Å². The highest BCUT2D eigenvalue weighted by atomic mass is 32.1. The molecule has 1 aromatic rings. The van der Waals surface area contributed by atoms with E-state index in [0.29, 0.717) is 22.2 Å². The second-order valence-corrected chi connectivity index (χ2v) is 6.68. The Morgan fingerprint density at radius 1 is 1.55 bits per heavy atom. The number of aryl methyl sites for hydroxylation is 1. The van der Waals surface area contributed by atoms with Gasteiger partial charge < -0.3 is 11.1 Å². The fraction of sp³-hybridized carbons (Fsp3) is 0.692. The normalized spacial score (nSPS) is 26.2. The highest BCUT2D eigenvalue weighted by Crippen LogP contribution is 2.32. The van der Waals surface area contributed by atoms with E-state index in [4.69, 9.17) is 18.0 Å². The molecule has 1 aliphatic carbocycles. The van der Waals surface area contributed by atoms with Gasteiger partial charge in [0.15, 0.2) is 0 Å². The summed E-state index contributed by atoms with van der Waals surface area (Å²) < 4.78 is 3.85. The van der Waals surface area contributed by atoms with E-state index in [9.17, 15) is 4.79 Å². The monoisotopic (exact) mass is 312 g/mol. The molecule has 0 radical (unpaired) electrons. The summed E-state index contributed by atoms with van der Waals surface area (Å²) in [5.41, 5.74) is 6.09. The van der Waals surface area contributed by atoms with Crippen molar-refractivity contribution in [2.24, 2.45) is 11.7 Å². The van der Waals surface area contributed by atoms with E-state index in [-0.39, 0.29) is 5.91 Å². The van der Waals surface area contributed by atoms with Crippen LogP contribution in [0.25, 0.3) is 0 Å². The first kappa shape index (κ1) is 15.3. The lowest BCUT2D eigenvalue weighted by molar-refractivity contribution is 0.0903. The Labute approximate surface area is 128 Å². The molecule has 1 aromatic heterocycles. The number of aromatic nitrogens is 2. The first-order valence-electron chi connectivity index (χ1n) is 6.92. The van der Waals surface area contributed by atoms with Gasteiger partial charge in [-0.05, 0) is 49.6 Å². The Morgan fingerprint density at radius 2 is 2.20 bits per heavy atom. The highest BCUT2D eigenvalue weighted by molar-refractivity contribution is 7.80. The van der Waals surface area contributed by atoms with Gasteiger partial charge in [0.05, 0.1) is 16.2 Å². The second kappa shape index (κ2) is 6.13. The van der Waals surface area contributed by atoms with Crippen molar-refractivity contribution in [3.63, 3.8) is 0 Å². The molecule has 0 bridgehead atoms. The maximum atomic E-state index is 12.4. The molecule has 7 heteroatoms. The molecule has 0 unspecified atom stereocenters. The minimum absolute atomic E-state index is 0.154. The van der Waals surface area contributed by atoms with E-state index in [0.717, 1.165) is 42.9 Å². The van der Waals surface area contributed by atoms with Gasteiger partial charge in [-0.2, -0.15) is 0 Å². The topological polar surface area (TPSA) is 80.9 Å². The summed E-state index contributed by atoms with van der Waals surface area (Å²) in [6.45, 7) is 4.17. The lowest BCUT2D eigenvalue weighted by Gasteiger charge is -2.39. The number of hydrogen-bond acceptors (Lipinski definition) is 5. The largest absolute Gasteiger partial charge is 0.391 e. The van der Waals surface area contributed by atoms with Crippen molar-refractivity contribution in [1.29, 1.82) is 0 Å². The third-order valence-electron chi connectivity index (χ3n) is 4.05. The zero-order valence-electron chi connectivity index (χ0n) is 11.8. The molecule has 5 nitrogen and oxygen atoms in total. The number of amides is 1. The summed E-state index contributed by atoms with van der Waals surface area (Å²) in [6, 6.07) is 0. The molecule has 0 aliphatic heterocycles. The van der Waals surface area contributed by atoms with Crippen molar-refractivity contribution < 1.29 is 4.79 Å². The molecule has 1 amide bonds. The number of carbonyl (C=O) groups excluding carboxylic acids is 1. The molecule has 110 valence electrons. The van der Waals surface area contributed by atoms with Gasteiger partial charge >= 0.3 is 0 Å². The summed E-state index contributed by atoms with van der Waals surface area (Å²) in [5.74, 6) is 0.504. The Balaban J connectivity index is 2.17. The lowest BCUT2D eigenvalue weighted by Crippen LogP contribution is -2.58. The fourth-order valence-corrected chi connectivity index (χ4v) is 3.48. The van der Waals surface area contributed by atoms with Gasteiger partial charge in [-0.25, -0.2) is 0 Å². The zero-order valence-corrected chi connectivity index (χ0v) is 13.4. The van der Waals surface area contributed by atoms with Crippen LogP contribution in [0.5, 0.6) is 0 Å². The van der Waals surface area contributed by atoms with Gasteiger partial charge in [0, 0.05) is 0 Å². The molecule has 1 aliphatic rings. The van der Waals surface area contributed by atoms with E-state index < -0.39 is 5.54 Å². The van der Waals surface area contributed by atoms with Gasteiger partial charge in [0.1, 0.15) is 4.88 Å². The van der Waals surface area contributed by atoms with Crippen molar-refractivity contribution in [3.8, 4) is 0 Å². The molecule has 1 heterocycles. The van der Waals surface area contributed by atoms with Crippen LogP contribution < -0.4 is 11.1 Å². The first-order valence-corrected chi connectivity index (χ1v) is 8.10. The Morgan fingerprint density at radius 3 is 2.75 bits per heavy atom. The maximum Gasteiger partial charge on any atom is 0.265 e. The summed E-state index contributed by atoms with van der Waals surface area (Å²) in [4.78, 5) is 13.4. The average Bonchev–Trinajstić information content (AvgIpc) is 2.89. The van der Waals surface area contributed by atoms with Crippen molar-refractivity contribution in [3.05, 3.63) is 10.6 Å². The van der Waals surface area contributed by atoms with Gasteiger partial charge in [-0.3, -0.25) is 4.79 Å². The smallest absolute Gasteiger partial charge is 0.265 e. The van der Waals surface area contributed by atoms with Crippen molar-refractivity contribution >= 4 is 34.6 Å². The first-order chi connectivity index (χ1) is 9.48. The molecule has 20 heavy (non-hydrogen) atoms. The van der Waals surface area contributed by atoms with Crippen LogP contribution in [-0.4, -0.2) is 26.0 Å². The molecule has 1 fully saturated rings. The Hall–Kier alpha value is -1.08. The number of thiocarbonyl (C=S) groups is 1. The number of nitrogens with one attached hydrogen (secondary N) is 1. The molecular weight excluding hydrogens is 292 g/mol. The quantitative estimate of drug-likeness (QED) is 0.832. The van der Waals surface area contributed by atoms with Crippen LogP contribution in [0.1, 0.15) is 54.9 Å². The average molecular weight is 312 g/mol. The number of hydrogen-bond donors (Lipinski definition) is 2. The summed E-state index contributed by atoms with van der Waals surface area (Å²) in [6.07, 6.45) is 4.36. The maximum absolute atomic E-state index is 12.4. The number of nitrogens with two attached hydrogens (primary N) is 1. The fourth-order valence-electron chi connectivity index (χ4n) is 2.57. The van der Waals surface area contributed by atoms with E-state index in [1.54, 1.807) is 0 Å². The molecular formula is C13H20N4OS2. The Bertz CT molecular complexity index is 506. The predicted octanol–water partition coefficient (Wildman–Crippen LogP) is 2.07. The third-order valence-corrected chi connectivity index (χ3v) is 5.21. The van der Waals surface area contributed by atoms with Gasteiger partial charge in [0.25, 0.3) is 5.91 Å². The van der Waals surface area contributed by atoms with Crippen LogP contribution in [0, 0.1) is 5.92 Å². The molecule has 2 rings (SSSR count). The molecule has 1 saturated carbocycles. The molecule has 0 aromatic carbocycles. The van der Waals surface area contributed by atoms with Crippen LogP contribution in [0.3, 0.4) is 0 Å². The minimum Gasteiger partial charge on any atom is -0.391 e. The minimum atomic E-state index is -0.548. The molecule has 0 spiro atoms. The van der Waals surface area contributed by atoms with E-state index >= 15 is 0 Å². The van der Waals surface area contributed by atoms with Crippen molar-refractivity contribution in [2.75, 3.05) is 0 Å². The van der Waals surface area contributed by atoms with Gasteiger partial charge in [-0.15, -0.1) is 5.10 Å². The Kier molecular flexibility index (Phi) is 4.70. The van der Waals surface area contributed by atoms with Crippen LogP contribution in [-0.2, 0) is 6.42 Å². The lowest BCUT2D eigenvalue weighted by atomic mass is 9.77. The molecule has 0 atom stereocenters. The second-order valence-electron chi connectivity index (χ2n) is 5.49. The van der Waals surface area contributed by atoms with Gasteiger partial charge in [-0.1, -0.05) is 30.6 Å². The number of nitrogens with zero attached hydrogens (tertiary/aromatic N) is 2. The van der Waals surface area contributed by atoms with Crippen LogP contribution in [0.4, 0.5) is 0 Å². The highest BCUT2D eigenvalue weighted by Gasteiger charge is 2.39. The molecule has 0 saturated heterocycles. The van der Waals surface area contributed by atoms with E-state index in [1.165, 1.54) is 0 Å².